The van der Waals surface area contributed by atoms with Gasteiger partial charge in [0.1, 0.15) is 10.6 Å². The zero-order valence-corrected chi connectivity index (χ0v) is 16.3. The average molecular weight is 405 g/mol. The summed E-state index contributed by atoms with van der Waals surface area (Å²) in [5.74, 6) is -3.32. The van der Waals surface area contributed by atoms with Crippen LogP contribution < -0.4 is 5.32 Å². The van der Waals surface area contributed by atoms with E-state index in [4.69, 9.17) is 4.74 Å². The van der Waals surface area contributed by atoms with Crippen molar-refractivity contribution in [1.82, 2.24) is 0 Å². The number of hydrogen-bond acceptors (Lipinski definition) is 6. The summed E-state index contributed by atoms with van der Waals surface area (Å²) in [7, 11) is 0. The summed E-state index contributed by atoms with van der Waals surface area (Å²) in [6, 6.07) is 3.78. The van der Waals surface area contributed by atoms with E-state index >= 15 is 0 Å². The summed E-state index contributed by atoms with van der Waals surface area (Å²) >= 11 is 2.73. The van der Waals surface area contributed by atoms with Crippen LogP contribution in [0.3, 0.4) is 0 Å². The molecule has 0 bridgehead atoms. The smallest absolute Gasteiger partial charge is 0.341 e. The van der Waals surface area contributed by atoms with Gasteiger partial charge in [-0.2, -0.15) is 0 Å². The number of carbonyl (C=O) groups is 3. The molecule has 3 rings (SSSR count). The molecule has 2 heterocycles. The number of ether oxygens (including phenoxy) is 1. The topological polar surface area (TPSA) is 92.7 Å². The highest BCUT2D eigenvalue weighted by atomic mass is 32.1. The zero-order chi connectivity index (χ0) is 19.4. The van der Waals surface area contributed by atoms with Gasteiger partial charge < -0.3 is 15.2 Å². The monoisotopic (exact) mass is 405 g/mol. The molecule has 8 heteroatoms. The first kappa shape index (κ1) is 19.3. The fraction of sp³-hybridized carbons (Fsp3) is 0.316. The Morgan fingerprint density at radius 2 is 1.96 bits per heavy atom. The van der Waals surface area contributed by atoms with Crippen molar-refractivity contribution in [2.75, 3.05) is 11.9 Å². The highest BCUT2D eigenvalue weighted by Gasteiger charge is 2.35. The van der Waals surface area contributed by atoms with Crippen LogP contribution in [0.5, 0.6) is 0 Å². The predicted octanol–water partition coefficient (Wildman–Crippen LogP) is 4.26. The molecule has 0 aromatic carbocycles. The first-order valence-corrected chi connectivity index (χ1v) is 10.3. The summed E-state index contributed by atoms with van der Waals surface area (Å²) in [4.78, 5) is 37.6. The minimum Gasteiger partial charge on any atom is -0.481 e. The van der Waals surface area contributed by atoms with Crippen molar-refractivity contribution in [3.05, 3.63) is 40.6 Å². The molecule has 2 N–H and O–H groups in total. The lowest BCUT2D eigenvalue weighted by atomic mass is 9.82. The summed E-state index contributed by atoms with van der Waals surface area (Å²) in [5.41, 5.74) is 1.03. The molecule has 142 valence electrons. The molecular formula is C19H19NO5S2. The van der Waals surface area contributed by atoms with Crippen molar-refractivity contribution in [3.8, 4) is 10.4 Å². The normalized spacial score (nSPS) is 18.9. The van der Waals surface area contributed by atoms with Gasteiger partial charge in [-0.05, 0) is 31.2 Å². The first-order chi connectivity index (χ1) is 13.0. The van der Waals surface area contributed by atoms with Crippen LogP contribution in [0.15, 0.2) is 35.0 Å². The van der Waals surface area contributed by atoms with Crippen LogP contribution in [-0.2, 0) is 14.3 Å². The molecule has 27 heavy (non-hydrogen) atoms. The van der Waals surface area contributed by atoms with Gasteiger partial charge in [0.2, 0.25) is 5.91 Å². The predicted molar refractivity (Wildman–Crippen MR) is 105 cm³/mol. The molecule has 2 aromatic heterocycles. The van der Waals surface area contributed by atoms with Crippen molar-refractivity contribution in [3.63, 3.8) is 0 Å². The number of thiophene rings is 2. The number of aliphatic carboxylic acids is 1. The summed E-state index contributed by atoms with van der Waals surface area (Å²) in [6.07, 6.45) is 4.29. The Kier molecular flexibility index (Phi) is 6.08. The molecule has 1 aliphatic carbocycles. The number of amides is 1. The fourth-order valence-corrected chi connectivity index (χ4v) is 4.83. The van der Waals surface area contributed by atoms with Gasteiger partial charge in [0, 0.05) is 15.8 Å². The first-order valence-electron chi connectivity index (χ1n) is 8.54. The number of rotatable bonds is 6. The van der Waals surface area contributed by atoms with E-state index in [9.17, 15) is 19.5 Å². The van der Waals surface area contributed by atoms with E-state index in [1.54, 1.807) is 13.0 Å². The molecule has 0 saturated heterocycles. The maximum Gasteiger partial charge on any atom is 0.341 e. The highest BCUT2D eigenvalue weighted by Crippen LogP contribution is 2.39. The van der Waals surface area contributed by atoms with Gasteiger partial charge in [-0.25, -0.2) is 4.79 Å². The van der Waals surface area contributed by atoms with Gasteiger partial charge in [-0.15, -0.1) is 22.7 Å². The van der Waals surface area contributed by atoms with Crippen LogP contribution in [-0.4, -0.2) is 29.6 Å². The Morgan fingerprint density at radius 1 is 1.22 bits per heavy atom. The number of carbonyl (C=O) groups excluding carboxylic acids is 2. The number of hydrogen-bond donors (Lipinski definition) is 2. The Bertz CT molecular complexity index is 869. The second kappa shape index (κ2) is 8.49. The van der Waals surface area contributed by atoms with E-state index in [1.165, 1.54) is 22.7 Å². The number of carboxylic acids is 1. The van der Waals surface area contributed by atoms with Crippen molar-refractivity contribution in [2.45, 2.75) is 19.8 Å². The SMILES string of the molecule is CCOC(=O)c1c(-c2cccs2)csc1NC(=O)[C@@H]1CC=CC[C@H]1C(=O)O. The van der Waals surface area contributed by atoms with Crippen LogP contribution >= 0.6 is 22.7 Å². The van der Waals surface area contributed by atoms with Crippen molar-refractivity contribution < 1.29 is 24.2 Å². The van der Waals surface area contributed by atoms with Crippen LogP contribution in [0.4, 0.5) is 5.00 Å². The second-order valence-corrected chi connectivity index (χ2v) is 7.86. The lowest BCUT2D eigenvalue weighted by Crippen LogP contribution is -2.34. The van der Waals surface area contributed by atoms with E-state index in [-0.39, 0.29) is 6.61 Å². The summed E-state index contributed by atoms with van der Waals surface area (Å²) < 4.78 is 5.17. The third-order valence-corrected chi connectivity index (χ3v) is 6.18. The second-order valence-electron chi connectivity index (χ2n) is 6.03. The molecule has 1 aliphatic rings. The third-order valence-electron chi connectivity index (χ3n) is 4.38. The van der Waals surface area contributed by atoms with Gasteiger partial charge in [-0.3, -0.25) is 9.59 Å². The molecule has 1 amide bonds. The molecule has 6 nitrogen and oxygen atoms in total. The largest absolute Gasteiger partial charge is 0.481 e. The number of esters is 1. The number of anilines is 1. The van der Waals surface area contributed by atoms with E-state index in [1.807, 2.05) is 29.0 Å². The molecule has 0 aliphatic heterocycles. The average Bonchev–Trinajstić information content (AvgIpc) is 3.31. The summed E-state index contributed by atoms with van der Waals surface area (Å²) in [6.45, 7) is 1.94. The summed E-state index contributed by atoms with van der Waals surface area (Å²) in [5, 5.41) is 16.3. The molecule has 0 saturated carbocycles. The zero-order valence-electron chi connectivity index (χ0n) is 14.6. The van der Waals surface area contributed by atoms with Gasteiger partial charge in [0.05, 0.1) is 18.4 Å². The van der Waals surface area contributed by atoms with Crippen LogP contribution in [0.2, 0.25) is 0 Å². The molecule has 2 atom stereocenters. The van der Waals surface area contributed by atoms with Crippen LogP contribution in [0, 0.1) is 11.8 Å². The fourth-order valence-electron chi connectivity index (χ4n) is 3.05. The number of carboxylic acid groups (broad SMARTS) is 1. The quantitative estimate of drug-likeness (QED) is 0.553. The third kappa shape index (κ3) is 4.12. The number of nitrogens with one attached hydrogen (secondary N) is 1. The molecule has 0 unspecified atom stereocenters. The lowest BCUT2D eigenvalue weighted by molar-refractivity contribution is -0.146. The van der Waals surface area contributed by atoms with Crippen LogP contribution in [0.25, 0.3) is 10.4 Å². The van der Waals surface area contributed by atoms with Crippen molar-refractivity contribution >= 4 is 45.5 Å². The van der Waals surface area contributed by atoms with Gasteiger partial charge in [-0.1, -0.05) is 18.2 Å². The van der Waals surface area contributed by atoms with E-state index < -0.39 is 29.7 Å². The number of allylic oxidation sites excluding steroid dienone is 2. The van der Waals surface area contributed by atoms with E-state index in [2.05, 4.69) is 5.32 Å². The van der Waals surface area contributed by atoms with Crippen molar-refractivity contribution in [1.29, 1.82) is 0 Å². The Hall–Kier alpha value is -2.45. The minimum absolute atomic E-state index is 0.223. The van der Waals surface area contributed by atoms with E-state index in [0.29, 0.717) is 29.0 Å². The molecule has 2 aromatic rings. The van der Waals surface area contributed by atoms with Crippen molar-refractivity contribution in [2.24, 2.45) is 11.8 Å². The van der Waals surface area contributed by atoms with E-state index in [0.717, 1.165) is 4.88 Å². The Labute approximate surface area is 164 Å². The van der Waals surface area contributed by atoms with Gasteiger partial charge in [0.25, 0.3) is 0 Å². The highest BCUT2D eigenvalue weighted by molar-refractivity contribution is 7.17. The molecule has 0 fully saturated rings. The standard InChI is InChI=1S/C19H19NO5S2/c1-2-25-19(24)15-13(14-8-5-9-26-14)10-27-17(15)20-16(21)11-6-3-4-7-12(11)18(22)23/h3-5,8-12H,2,6-7H2,1H3,(H,20,21)(H,22,23)/t11-,12-/m1/s1. The van der Waals surface area contributed by atoms with Gasteiger partial charge >= 0.3 is 11.9 Å². The maximum absolute atomic E-state index is 12.8. The molecule has 0 spiro atoms. The minimum atomic E-state index is -0.990. The molecular weight excluding hydrogens is 386 g/mol. The molecule has 0 radical (unpaired) electrons. The van der Waals surface area contributed by atoms with Gasteiger partial charge in [0.15, 0.2) is 0 Å². The Balaban J connectivity index is 1.90. The lowest BCUT2D eigenvalue weighted by Gasteiger charge is -2.24. The maximum atomic E-state index is 12.8. The Morgan fingerprint density at radius 3 is 2.59 bits per heavy atom. The van der Waals surface area contributed by atoms with Crippen LogP contribution in [0.1, 0.15) is 30.1 Å².